The van der Waals surface area contributed by atoms with Gasteiger partial charge in [-0.3, -0.25) is 0 Å². The van der Waals surface area contributed by atoms with Gasteiger partial charge in [0.25, 0.3) is 5.60 Å². The summed E-state index contributed by atoms with van der Waals surface area (Å²) >= 11 is 0. The molecule has 3 nitrogen and oxygen atoms in total. The quantitative estimate of drug-likeness (QED) is 0.447. The van der Waals surface area contributed by atoms with Crippen LogP contribution in [0.25, 0.3) is 0 Å². The van der Waals surface area contributed by atoms with Gasteiger partial charge in [-0.1, -0.05) is 6.58 Å². The van der Waals surface area contributed by atoms with Crippen LogP contribution in [0.5, 0.6) is 0 Å². The van der Waals surface area contributed by atoms with Crippen LogP contribution in [-0.4, -0.2) is 35.1 Å². The molecule has 0 heterocycles. The van der Waals surface area contributed by atoms with E-state index < -0.39 is 48.8 Å². The Labute approximate surface area is 141 Å². The highest BCUT2D eigenvalue weighted by atomic mass is 19.4. The van der Waals surface area contributed by atoms with Gasteiger partial charge in [-0.2, -0.15) is 26.3 Å². The summed E-state index contributed by atoms with van der Waals surface area (Å²) in [4.78, 5) is 11.6. The van der Waals surface area contributed by atoms with E-state index in [0.29, 0.717) is 19.3 Å². The highest BCUT2D eigenvalue weighted by Gasteiger charge is 2.70. The van der Waals surface area contributed by atoms with E-state index >= 15 is 0 Å². The molecule has 2 fully saturated rings. The van der Waals surface area contributed by atoms with E-state index in [0.717, 1.165) is 0 Å². The predicted octanol–water partition coefficient (Wildman–Crippen LogP) is 4.16. The molecule has 2 saturated carbocycles. The van der Waals surface area contributed by atoms with Gasteiger partial charge in [0.05, 0.1) is 0 Å². The van der Waals surface area contributed by atoms with Crippen LogP contribution in [0.2, 0.25) is 0 Å². The summed E-state index contributed by atoms with van der Waals surface area (Å²) in [5.41, 5.74) is -4.53. The van der Waals surface area contributed by atoms with Crippen LogP contribution in [0.15, 0.2) is 12.2 Å². The number of carbonyl (C=O) groups excluding carboxylic acids is 1. The third-order valence-corrected chi connectivity index (χ3v) is 5.31. The van der Waals surface area contributed by atoms with Gasteiger partial charge in [-0.15, -0.1) is 0 Å². The largest absolute Gasteiger partial charge is 0.459 e. The molecule has 2 rings (SSSR count). The van der Waals surface area contributed by atoms with E-state index in [4.69, 9.17) is 4.74 Å². The minimum absolute atomic E-state index is 0.114. The monoisotopic (exact) mass is 374 g/mol. The van der Waals surface area contributed by atoms with Gasteiger partial charge in [-0.25, -0.2) is 4.79 Å². The maximum Gasteiger partial charge on any atom is 0.426 e. The molecule has 0 aromatic rings. The molecule has 0 aromatic carbocycles. The number of halogens is 6. The van der Waals surface area contributed by atoms with Crippen LogP contribution < -0.4 is 0 Å². The summed E-state index contributed by atoms with van der Waals surface area (Å²) in [6.45, 7) is 4.90. The van der Waals surface area contributed by atoms with Crippen molar-refractivity contribution in [3.63, 3.8) is 0 Å². The lowest BCUT2D eigenvalue weighted by Gasteiger charge is -2.35. The van der Waals surface area contributed by atoms with Gasteiger partial charge >= 0.3 is 18.3 Å². The van der Waals surface area contributed by atoms with Crippen molar-refractivity contribution in [2.75, 3.05) is 0 Å². The first-order chi connectivity index (χ1) is 11.3. The number of rotatable bonds is 5. The van der Waals surface area contributed by atoms with Crippen molar-refractivity contribution in [3.8, 4) is 0 Å². The number of hydrogen-bond acceptors (Lipinski definition) is 3. The van der Waals surface area contributed by atoms with Crippen molar-refractivity contribution in [1.29, 1.82) is 0 Å². The normalized spacial score (nSPS) is 29.8. The lowest BCUT2D eigenvalue weighted by molar-refractivity contribution is -0.370. The first-order valence-corrected chi connectivity index (χ1v) is 7.98. The Morgan fingerprint density at radius 2 is 1.68 bits per heavy atom. The van der Waals surface area contributed by atoms with Crippen LogP contribution in [0.1, 0.15) is 39.0 Å². The first kappa shape index (κ1) is 20.1. The van der Waals surface area contributed by atoms with Gasteiger partial charge in [0.1, 0.15) is 6.10 Å². The summed E-state index contributed by atoms with van der Waals surface area (Å²) < 4.78 is 81.8. The molecular formula is C16H20F6O3. The molecule has 0 spiro atoms. The van der Waals surface area contributed by atoms with Crippen molar-refractivity contribution < 1.29 is 41.0 Å². The smallest absolute Gasteiger partial charge is 0.426 e. The molecule has 4 atom stereocenters. The standard InChI is InChI=1S/C16H20F6O3/c1-8(2)13(23)25-12-7-9-5-10(11(12)6-9)3-4-14(24,15(17,18)19)16(20,21)22/h9-12,24H,1,3-7H2,2H3. The molecule has 4 unspecified atom stereocenters. The van der Waals surface area contributed by atoms with Gasteiger partial charge in [0, 0.05) is 5.57 Å². The molecule has 144 valence electrons. The van der Waals surface area contributed by atoms with Crippen molar-refractivity contribution in [3.05, 3.63) is 12.2 Å². The SMILES string of the molecule is C=C(C)C(=O)OC1CC2CC(CCC(O)(C(F)(F)F)C(F)(F)F)C1C2. The summed E-state index contributed by atoms with van der Waals surface area (Å²) in [7, 11) is 0. The summed E-state index contributed by atoms with van der Waals surface area (Å²) in [6, 6.07) is 0. The van der Waals surface area contributed by atoms with Crippen LogP contribution in [0, 0.1) is 17.8 Å². The third kappa shape index (κ3) is 3.80. The Morgan fingerprint density at radius 3 is 2.12 bits per heavy atom. The minimum atomic E-state index is -5.80. The minimum Gasteiger partial charge on any atom is -0.459 e. The zero-order valence-corrected chi connectivity index (χ0v) is 13.6. The zero-order chi connectivity index (χ0) is 19.2. The second kappa shape index (κ2) is 6.48. The number of esters is 1. The van der Waals surface area contributed by atoms with Crippen molar-refractivity contribution in [2.24, 2.45) is 17.8 Å². The van der Waals surface area contributed by atoms with Crippen LogP contribution in [0.3, 0.4) is 0 Å². The molecule has 25 heavy (non-hydrogen) atoms. The lowest BCUT2D eigenvalue weighted by atomic mass is 9.80. The highest BCUT2D eigenvalue weighted by molar-refractivity contribution is 5.87. The van der Waals surface area contributed by atoms with Crippen LogP contribution in [-0.2, 0) is 9.53 Å². The van der Waals surface area contributed by atoms with E-state index in [1.54, 1.807) is 0 Å². The molecule has 2 aliphatic rings. The number of aliphatic hydroxyl groups is 1. The van der Waals surface area contributed by atoms with Crippen LogP contribution in [0.4, 0.5) is 26.3 Å². The van der Waals surface area contributed by atoms with Crippen molar-refractivity contribution >= 4 is 5.97 Å². The molecule has 1 N–H and O–H groups in total. The Bertz CT molecular complexity index is 525. The second-order valence-electron chi connectivity index (χ2n) is 7.12. The Morgan fingerprint density at radius 1 is 1.12 bits per heavy atom. The maximum atomic E-state index is 12.8. The van der Waals surface area contributed by atoms with Crippen molar-refractivity contribution in [2.45, 2.75) is 63.1 Å². The molecule has 0 radical (unpaired) electrons. The molecule has 2 aliphatic carbocycles. The number of fused-ring (bicyclic) bond motifs is 2. The van der Waals surface area contributed by atoms with E-state index in [9.17, 15) is 36.2 Å². The Hall–Kier alpha value is -1.25. The molecule has 0 saturated heterocycles. The number of hydrogen-bond donors (Lipinski definition) is 1. The topological polar surface area (TPSA) is 46.5 Å². The Balaban J connectivity index is 2.04. The van der Waals surface area contributed by atoms with E-state index in [-0.39, 0.29) is 17.4 Å². The summed E-state index contributed by atoms with van der Waals surface area (Å²) in [5, 5.41) is 9.25. The van der Waals surface area contributed by atoms with Gasteiger partial charge in [-0.05, 0) is 56.8 Å². The zero-order valence-electron chi connectivity index (χ0n) is 13.6. The van der Waals surface area contributed by atoms with E-state index in [2.05, 4.69) is 6.58 Å². The molecule has 0 amide bonds. The fraction of sp³-hybridized carbons (Fsp3) is 0.812. The molecule has 9 heteroatoms. The van der Waals surface area contributed by atoms with Gasteiger partial charge < -0.3 is 9.84 Å². The Kier molecular flexibility index (Phi) is 5.20. The predicted molar refractivity (Wildman–Crippen MR) is 75.3 cm³/mol. The molecule has 0 aromatic heterocycles. The second-order valence-corrected chi connectivity index (χ2v) is 7.12. The fourth-order valence-electron chi connectivity index (χ4n) is 3.97. The molecule has 0 aliphatic heterocycles. The molecular weight excluding hydrogens is 354 g/mol. The average Bonchev–Trinajstić information content (AvgIpc) is 3.01. The summed E-state index contributed by atoms with van der Waals surface area (Å²) in [6.07, 6.45) is -12.3. The van der Waals surface area contributed by atoms with E-state index in [1.165, 1.54) is 6.92 Å². The number of ether oxygens (including phenoxy) is 1. The van der Waals surface area contributed by atoms with E-state index in [1.807, 2.05) is 0 Å². The van der Waals surface area contributed by atoms with Gasteiger partial charge in [0.15, 0.2) is 0 Å². The summed E-state index contributed by atoms with van der Waals surface area (Å²) in [5.74, 6) is -1.22. The van der Waals surface area contributed by atoms with Crippen molar-refractivity contribution in [1.82, 2.24) is 0 Å². The number of alkyl halides is 6. The maximum absolute atomic E-state index is 12.8. The third-order valence-electron chi connectivity index (χ3n) is 5.31. The highest BCUT2D eigenvalue weighted by Crippen LogP contribution is 2.53. The van der Waals surface area contributed by atoms with Crippen LogP contribution >= 0.6 is 0 Å². The van der Waals surface area contributed by atoms with Gasteiger partial charge in [0.2, 0.25) is 0 Å². The lowest BCUT2D eigenvalue weighted by Crippen LogP contribution is -2.57. The molecule has 2 bridgehead atoms. The first-order valence-electron chi connectivity index (χ1n) is 7.98. The average molecular weight is 374 g/mol. The number of carbonyl (C=O) groups is 1. The fourth-order valence-corrected chi connectivity index (χ4v) is 3.97.